The predicted molar refractivity (Wildman–Crippen MR) is 111 cm³/mol. The highest BCUT2D eigenvalue weighted by Crippen LogP contribution is 2.03. The average molecular weight is 441 g/mol. The summed E-state index contributed by atoms with van der Waals surface area (Å²) in [5, 5.41) is 3.44. The quantitative estimate of drug-likeness (QED) is 0.311. The van der Waals surface area contributed by atoms with Gasteiger partial charge in [0.15, 0.2) is 5.96 Å². The van der Waals surface area contributed by atoms with Crippen molar-refractivity contribution >= 4 is 29.9 Å². The minimum absolute atomic E-state index is 0. The zero-order valence-electron chi connectivity index (χ0n) is 14.8. The number of unbranched alkanes of at least 4 members (excludes halogenated alkanes) is 1. The maximum atomic E-state index is 4.36. The molecule has 0 radical (unpaired) electrons. The van der Waals surface area contributed by atoms with E-state index in [1.165, 1.54) is 5.56 Å². The zero-order chi connectivity index (χ0) is 16.5. The number of rotatable bonds is 7. The average Bonchev–Trinajstić information content (AvgIpc) is 2.97. The van der Waals surface area contributed by atoms with Crippen molar-refractivity contribution in [2.45, 2.75) is 32.9 Å². The molecule has 0 amide bonds. The number of hydrogen-bond acceptors (Lipinski definition) is 2. The highest BCUT2D eigenvalue weighted by molar-refractivity contribution is 14.0. The Kier molecular flexibility index (Phi) is 9.44. The Morgan fingerprint density at radius 1 is 1.25 bits per heavy atom. The van der Waals surface area contributed by atoms with Crippen molar-refractivity contribution in [3.05, 3.63) is 54.1 Å². The molecule has 2 aromatic rings. The molecule has 1 heterocycles. The van der Waals surface area contributed by atoms with Crippen LogP contribution in [-0.4, -0.2) is 41.1 Å². The molecule has 1 aromatic heterocycles. The summed E-state index contributed by atoms with van der Waals surface area (Å²) in [6.07, 6.45) is 6.13. The van der Waals surface area contributed by atoms with Crippen LogP contribution in [0.3, 0.4) is 0 Å². The van der Waals surface area contributed by atoms with Gasteiger partial charge in [-0.15, -0.1) is 24.0 Å². The molecule has 0 bridgehead atoms. The lowest BCUT2D eigenvalue weighted by molar-refractivity contribution is 0.473. The van der Waals surface area contributed by atoms with Crippen molar-refractivity contribution in [3.8, 4) is 0 Å². The number of aliphatic imine (C=N–C) groups is 1. The van der Waals surface area contributed by atoms with Gasteiger partial charge in [0.05, 0.1) is 0 Å². The largest absolute Gasteiger partial charge is 0.356 e. The summed E-state index contributed by atoms with van der Waals surface area (Å²) in [6.45, 7) is 4.85. The third kappa shape index (κ3) is 6.51. The molecule has 1 aromatic carbocycles. The van der Waals surface area contributed by atoms with Crippen molar-refractivity contribution in [2.75, 3.05) is 20.6 Å². The molecule has 1 N–H and O–H groups in total. The lowest BCUT2D eigenvalue weighted by Gasteiger charge is -2.22. The third-order valence-corrected chi connectivity index (χ3v) is 3.87. The van der Waals surface area contributed by atoms with Crippen LogP contribution in [-0.2, 0) is 13.1 Å². The molecule has 132 valence electrons. The molecular weight excluding hydrogens is 413 g/mol. The molecule has 0 unspecified atom stereocenters. The van der Waals surface area contributed by atoms with Gasteiger partial charge in [-0.05, 0) is 25.3 Å². The summed E-state index contributed by atoms with van der Waals surface area (Å²) in [4.78, 5) is 10.8. The maximum absolute atomic E-state index is 4.36. The molecule has 24 heavy (non-hydrogen) atoms. The third-order valence-electron chi connectivity index (χ3n) is 3.87. The summed E-state index contributed by atoms with van der Waals surface area (Å²) >= 11 is 0. The van der Waals surface area contributed by atoms with E-state index in [9.17, 15) is 0 Å². The molecule has 0 atom stereocenters. The second-order valence-corrected chi connectivity index (χ2v) is 5.69. The lowest BCUT2D eigenvalue weighted by atomic mass is 10.2. The number of hydrogen-bond donors (Lipinski definition) is 1. The van der Waals surface area contributed by atoms with Crippen LogP contribution in [0, 0.1) is 6.92 Å². The zero-order valence-corrected chi connectivity index (χ0v) is 17.1. The fourth-order valence-electron chi connectivity index (χ4n) is 2.56. The normalized spacial score (nSPS) is 11.0. The van der Waals surface area contributed by atoms with Crippen LogP contribution < -0.4 is 5.32 Å². The topological polar surface area (TPSA) is 45.5 Å². The Morgan fingerprint density at radius 3 is 2.62 bits per heavy atom. The van der Waals surface area contributed by atoms with Crippen LogP contribution in [0.15, 0.2) is 47.7 Å². The molecular formula is C18H28IN5. The molecule has 0 aliphatic rings. The summed E-state index contributed by atoms with van der Waals surface area (Å²) in [5.74, 6) is 2.02. The molecule has 2 rings (SSSR count). The van der Waals surface area contributed by atoms with E-state index in [-0.39, 0.29) is 24.0 Å². The highest BCUT2D eigenvalue weighted by Gasteiger charge is 2.05. The Bertz CT molecular complexity index is 609. The first kappa shape index (κ1) is 20.5. The van der Waals surface area contributed by atoms with E-state index >= 15 is 0 Å². The smallest absolute Gasteiger partial charge is 0.193 e. The van der Waals surface area contributed by atoms with Crippen molar-refractivity contribution in [2.24, 2.45) is 4.99 Å². The van der Waals surface area contributed by atoms with Crippen LogP contribution in [0.5, 0.6) is 0 Å². The number of imidazole rings is 1. The number of nitrogens with one attached hydrogen (secondary N) is 1. The molecule has 6 heteroatoms. The molecule has 0 aliphatic heterocycles. The number of aromatic nitrogens is 2. The van der Waals surface area contributed by atoms with E-state index < -0.39 is 0 Å². The first-order valence-corrected chi connectivity index (χ1v) is 8.14. The van der Waals surface area contributed by atoms with E-state index in [0.29, 0.717) is 0 Å². The number of nitrogens with zero attached hydrogens (tertiary/aromatic N) is 4. The van der Waals surface area contributed by atoms with Crippen LogP contribution in [0.2, 0.25) is 0 Å². The van der Waals surface area contributed by atoms with Crippen LogP contribution in [0.4, 0.5) is 0 Å². The fourth-order valence-corrected chi connectivity index (χ4v) is 2.56. The van der Waals surface area contributed by atoms with E-state index in [1.807, 2.05) is 32.4 Å². The minimum atomic E-state index is 0. The molecule has 0 aliphatic carbocycles. The molecule has 0 spiro atoms. The van der Waals surface area contributed by atoms with Gasteiger partial charge in [-0.1, -0.05) is 30.3 Å². The van der Waals surface area contributed by atoms with Gasteiger partial charge in [-0.25, -0.2) is 4.98 Å². The number of aryl methyl sites for hydroxylation is 2. The van der Waals surface area contributed by atoms with E-state index in [4.69, 9.17) is 0 Å². The van der Waals surface area contributed by atoms with Gasteiger partial charge in [0.1, 0.15) is 5.82 Å². The standard InChI is InChI=1S/C18H27N5.HI/c1-16-20-12-14-23(16)13-8-7-11-21-18(19-2)22(3)15-17-9-5-4-6-10-17;/h4-6,9-10,12,14H,7-8,11,13,15H2,1-3H3,(H,19,21);1H. The van der Waals surface area contributed by atoms with Crippen molar-refractivity contribution in [1.29, 1.82) is 0 Å². The molecule has 0 saturated carbocycles. The van der Waals surface area contributed by atoms with Gasteiger partial charge in [-0.2, -0.15) is 0 Å². The Morgan fingerprint density at radius 2 is 2.00 bits per heavy atom. The Balaban J connectivity index is 0.00000288. The number of benzene rings is 1. The highest BCUT2D eigenvalue weighted by atomic mass is 127. The van der Waals surface area contributed by atoms with Gasteiger partial charge < -0.3 is 14.8 Å². The summed E-state index contributed by atoms with van der Waals surface area (Å²) in [7, 11) is 3.90. The van der Waals surface area contributed by atoms with Crippen LogP contribution >= 0.6 is 24.0 Å². The van der Waals surface area contributed by atoms with Gasteiger partial charge in [0, 0.05) is 46.1 Å². The molecule has 0 saturated heterocycles. The Labute approximate surface area is 162 Å². The van der Waals surface area contributed by atoms with Gasteiger partial charge >= 0.3 is 0 Å². The summed E-state index contributed by atoms with van der Waals surface area (Å²) < 4.78 is 2.19. The predicted octanol–water partition coefficient (Wildman–Crippen LogP) is 3.30. The van der Waals surface area contributed by atoms with E-state index in [1.54, 1.807) is 0 Å². The van der Waals surface area contributed by atoms with Crippen molar-refractivity contribution in [3.63, 3.8) is 0 Å². The lowest BCUT2D eigenvalue weighted by Crippen LogP contribution is -2.38. The van der Waals surface area contributed by atoms with Gasteiger partial charge in [0.25, 0.3) is 0 Å². The maximum Gasteiger partial charge on any atom is 0.193 e. The Hall–Kier alpha value is -1.57. The van der Waals surface area contributed by atoms with Crippen molar-refractivity contribution < 1.29 is 0 Å². The van der Waals surface area contributed by atoms with Crippen LogP contribution in [0.25, 0.3) is 0 Å². The minimum Gasteiger partial charge on any atom is -0.356 e. The number of halogens is 1. The van der Waals surface area contributed by atoms with Gasteiger partial charge in [0.2, 0.25) is 0 Å². The van der Waals surface area contributed by atoms with E-state index in [2.05, 4.69) is 56.1 Å². The first-order valence-electron chi connectivity index (χ1n) is 8.14. The molecule has 5 nitrogen and oxygen atoms in total. The van der Waals surface area contributed by atoms with Crippen LogP contribution in [0.1, 0.15) is 24.2 Å². The second-order valence-electron chi connectivity index (χ2n) is 5.69. The summed E-state index contributed by atoms with van der Waals surface area (Å²) in [6, 6.07) is 10.4. The first-order chi connectivity index (χ1) is 11.2. The molecule has 0 fully saturated rings. The number of guanidine groups is 1. The summed E-state index contributed by atoms with van der Waals surface area (Å²) in [5.41, 5.74) is 1.29. The second kappa shape index (κ2) is 11.1. The fraction of sp³-hybridized carbons (Fsp3) is 0.444. The van der Waals surface area contributed by atoms with Gasteiger partial charge in [-0.3, -0.25) is 4.99 Å². The SMILES string of the molecule is CN=C(NCCCCn1ccnc1C)N(C)Cc1ccccc1.I. The van der Waals surface area contributed by atoms with E-state index in [0.717, 1.165) is 44.3 Å². The monoisotopic (exact) mass is 441 g/mol. The van der Waals surface area contributed by atoms with Crippen molar-refractivity contribution in [1.82, 2.24) is 19.8 Å².